The molecule has 3 nitrogen and oxygen atoms in total. The van der Waals surface area contributed by atoms with Crippen LogP contribution in [0.4, 0.5) is 0 Å². The summed E-state index contributed by atoms with van der Waals surface area (Å²) in [4.78, 5) is 11.8. The fraction of sp³-hybridized carbons (Fsp3) is 0.909. The van der Waals surface area contributed by atoms with Crippen molar-refractivity contribution in [2.24, 2.45) is 0 Å². The van der Waals surface area contributed by atoms with Crippen LogP contribution < -0.4 is 5.32 Å². The van der Waals surface area contributed by atoms with Gasteiger partial charge in [0.05, 0.1) is 0 Å². The minimum Gasteiger partial charge on any atom is -0.368 e. The van der Waals surface area contributed by atoms with Crippen LogP contribution in [0.15, 0.2) is 0 Å². The van der Waals surface area contributed by atoms with Crippen molar-refractivity contribution >= 4 is 17.5 Å². The first-order valence-electron chi connectivity index (χ1n) is 5.55. The summed E-state index contributed by atoms with van der Waals surface area (Å²) in [6.45, 7) is 4.67. The highest BCUT2D eigenvalue weighted by Crippen LogP contribution is 2.15. The van der Waals surface area contributed by atoms with Gasteiger partial charge in [0.2, 0.25) is 5.91 Å². The number of carbonyl (C=O) groups is 1. The molecule has 1 fully saturated rings. The summed E-state index contributed by atoms with van der Waals surface area (Å²) in [5, 5.41) is 2.98. The number of rotatable bonds is 4. The minimum atomic E-state index is -0.256. The van der Waals surface area contributed by atoms with Crippen molar-refractivity contribution in [1.82, 2.24) is 5.32 Å². The van der Waals surface area contributed by atoms with Gasteiger partial charge in [0.15, 0.2) is 0 Å². The molecule has 88 valence electrons. The van der Waals surface area contributed by atoms with E-state index < -0.39 is 0 Å². The topological polar surface area (TPSA) is 38.3 Å². The molecule has 1 heterocycles. The van der Waals surface area contributed by atoms with Gasteiger partial charge in [0, 0.05) is 18.0 Å². The van der Waals surface area contributed by atoms with E-state index in [4.69, 9.17) is 16.3 Å². The molecule has 0 saturated carbocycles. The van der Waals surface area contributed by atoms with Crippen LogP contribution >= 0.6 is 11.6 Å². The number of carbonyl (C=O) groups excluding carboxylic acids is 1. The lowest BCUT2D eigenvalue weighted by Gasteiger charge is -2.29. The maximum atomic E-state index is 11.8. The SMILES string of the molecule is CC(C)(CCCl)NC(=O)C1CCCCO1. The standard InChI is InChI=1S/C11H20ClNO2/c1-11(2,6-7-12)13-10(14)9-5-3-4-8-15-9/h9H,3-8H2,1-2H3,(H,13,14). The van der Waals surface area contributed by atoms with Gasteiger partial charge in [-0.3, -0.25) is 4.79 Å². The Hall–Kier alpha value is -0.280. The molecule has 1 atom stereocenters. The Morgan fingerprint density at radius 2 is 2.27 bits per heavy atom. The third-order valence-electron chi connectivity index (χ3n) is 2.65. The van der Waals surface area contributed by atoms with E-state index in [1.165, 1.54) is 0 Å². The van der Waals surface area contributed by atoms with E-state index >= 15 is 0 Å². The lowest BCUT2D eigenvalue weighted by molar-refractivity contribution is -0.137. The zero-order valence-electron chi connectivity index (χ0n) is 9.51. The van der Waals surface area contributed by atoms with E-state index in [0.717, 1.165) is 25.7 Å². The molecule has 0 aromatic rings. The van der Waals surface area contributed by atoms with Crippen molar-refractivity contribution < 1.29 is 9.53 Å². The van der Waals surface area contributed by atoms with Gasteiger partial charge >= 0.3 is 0 Å². The number of ether oxygens (including phenoxy) is 1. The van der Waals surface area contributed by atoms with Gasteiger partial charge in [-0.2, -0.15) is 0 Å². The first-order chi connectivity index (χ1) is 7.05. The maximum absolute atomic E-state index is 11.8. The molecule has 1 aliphatic heterocycles. The van der Waals surface area contributed by atoms with Crippen molar-refractivity contribution in [3.05, 3.63) is 0 Å². The van der Waals surface area contributed by atoms with Crippen LogP contribution in [0.25, 0.3) is 0 Å². The van der Waals surface area contributed by atoms with Gasteiger partial charge in [0.25, 0.3) is 0 Å². The van der Waals surface area contributed by atoms with Crippen molar-refractivity contribution in [2.45, 2.75) is 51.2 Å². The second-order valence-electron chi connectivity index (χ2n) is 4.67. The molecular weight excluding hydrogens is 214 g/mol. The van der Waals surface area contributed by atoms with Crippen LogP contribution in [0, 0.1) is 0 Å². The number of amides is 1. The van der Waals surface area contributed by atoms with E-state index in [2.05, 4.69) is 5.32 Å². The Morgan fingerprint density at radius 3 is 2.80 bits per heavy atom. The molecule has 15 heavy (non-hydrogen) atoms. The lowest BCUT2D eigenvalue weighted by atomic mass is 10.0. The van der Waals surface area contributed by atoms with E-state index in [1.54, 1.807) is 0 Å². The van der Waals surface area contributed by atoms with Gasteiger partial charge < -0.3 is 10.1 Å². The van der Waals surface area contributed by atoms with Crippen molar-refractivity contribution in [2.75, 3.05) is 12.5 Å². The number of halogens is 1. The number of hydrogen-bond acceptors (Lipinski definition) is 2. The van der Waals surface area contributed by atoms with E-state index in [-0.39, 0.29) is 17.6 Å². The Labute approximate surface area is 96.5 Å². The van der Waals surface area contributed by atoms with Crippen molar-refractivity contribution in [1.29, 1.82) is 0 Å². The summed E-state index contributed by atoms with van der Waals surface area (Å²) in [5.41, 5.74) is -0.236. The predicted octanol–water partition coefficient (Wildman–Crippen LogP) is 2.08. The molecule has 0 aliphatic carbocycles. The molecule has 1 aliphatic rings. The highest BCUT2D eigenvalue weighted by atomic mass is 35.5. The second kappa shape index (κ2) is 5.71. The summed E-state index contributed by atoms with van der Waals surface area (Å²) in [6, 6.07) is 0. The smallest absolute Gasteiger partial charge is 0.249 e. The van der Waals surface area contributed by atoms with Crippen molar-refractivity contribution in [3.8, 4) is 0 Å². The third-order valence-corrected chi connectivity index (χ3v) is 2.84. The van der Waals surface area contributed by atoms with E-state index in [0.29, 0.717) is 12.5 Å². The predicted molar refractivity (Wildman–Crippen MR) is 61.1 cm³/mol. The normalized spacial score (nSPS) is 22.5. The quantitative estimate of drug-likeness (QED) is 0.756. The van der Waals surface area contributed by atoms with Gasteiger partial charge in [-0.1, -0.05) is 0 Å². The largest absolute Gasteiger partial charge is 0.368 e. The molecular formula is C11H20ClNO2. The van der Waals surface area contributed by atoms with Crippen LogP contribution in [0.5, 0.6) is 0 Å². The molecule has 4 heteroatoms. The molecule has 1 unspecified atom stereocenters. The molecule has 1 N–H and O–H groups in total. The fourth-order valence-electron chi connectivity index (χ4n) is 1.66. The van der Waals surface area contributed by atoms with Gasteiger partial charge in [-0.15, -0.1) is 11.6 Å². The average Bonchev–Trinajstić information content (AvgIpc) is 2.18. The summed E-state index contributed by atoms with van der Waals surface area (Å²) in [6.07, 6.45) is 3.49. The summed E-state index contributed by atoms with van der Waals surface area (Å²) < 4.78 is 5.42. The van der Waals surface area contributed by atoms with Gasteiger partial charge in [-0.05, 0) is 39.5 Å². The van der Waals surface area contributed by atoms with Gasteiger partial charge in [-0.25, -0.2) is 0 Å². The number of alkyl halides is 1. The number of nitrogens with one attached hydrogen (secondary N) is 1. The lowest BCUT2D eigenvalue weighted by Crippen LogP contribution is -2.49. The zero-order valence-corrected chi connectivity index (χ0v) is 10.3. The molecule has 0 bridgehead atoms. The van der Waals surface area contributed by atoms with E-state index in [9.17, 15) is 4.79 Å². The van der Waals surface area contributed by atoms with Crippen molar-refractivity contribution in [3.63, 3.8) is 0 Å². The zero-order chi connectivity index (χ0) is 11.3. The molecule has 1 saturated heterocycles. The highest BCUT2D eigenvalue weighted by molar-refractivity contribution is 6.17. The second-order valence-corrected chi connectivity index (χ2v) is 5.05. The summed E-state index contributed by atoms with van der Waals surface area (Å²) in [5.74, 6) is 0.559. The molecule has 0 spiro atoms. The Bertz CT molecular complexity index is 213. The van der Waals surface area contributed by atoms with Crippen LogP contribution in [-0.4, -0.2) is 30.0 Å². The molecule has 1 rings (SSSR count). The minimum absolute atomic E-state index is 0.00446. The monoisotopic (exact) mass is 233 g/mol. The Morgan fingerprint density at radius 1 is 1.53 bits per heavy atom. The fourth-order valence-corrected chi connectivity index (χ4v) is 2.13. The molecule has 0 aromatic heterocycles. The third kappa shape index (κ3) is 4.39. The van der Waals surface area contributed by atoms with E-state index in [1.807, 2.05) is 13.8 Å². The Kier molecular flexibility index (Phi) is 4.87. The van der Waals surface area contributed by atoms with Crippen LogP contribution in [0.2, 0.25) is 0 Å². The van der Waals surface area contributed by atoms with Crippen LogP contribution in [0.3, 0.4) is 0 Å². The summed E-state index contributed by atoms with van der Waals surface area (Å²) in [7, 11) is 0. The van der Waals surface area contributed by atoms with Gasteiger partial charge in [0.1, 0.15) is 6.10 Å². The average molecular weight is 234 g/mol. The summed E-state index contributed by atoms with van der Waals surface area (Å²) >= 11 is 5.67. The number of hydrogen-bond donors (Lipinski definition) is 1. The Balaban J connectivity index is 2.39. The first-order valence-corrected chi connectivity index (χ1v) is 6.08. The highest BCUT2D eigenvalue weighted by Gasteiger charge is 2.27. The molecule has 1 amide bonds. The first kappa shape index (κ1) is 12.8. The van der Waals surface area contributed by atoms with Crippen LogP contribution in [0.1, 0.15) is 39.5 Å². The van der Waals surface area contributed by atoms with Crippen LogP contribution in [-0.2, 0) is 9.53 Å². The molecule has 0 radical (unpaired) electrons. The maximum Gasteiger partial charge on any atom is 0.249 e. The molecule has 0 aromatic carbocycles.